The summed E-state index contributed by atoms with van der Waals surface area (Å²) < 4.78 is 27.8. The number of ketones is 1. The van der Waals surface area contributed by atoms with Gasteiger partial charge in [0.05, 0.1) is 11.1 Å². The van der Waals surface area contributed by atoms with Gasteiger partial charge in [0.25, 0.3) is 5.56 Å². The number of benzene rings is 1. The fourth-order valence-electron chi connectivity index (χ4n) is 2.68. The smallest absolute Gasteiger partial charge is 0.263 e. The van der Waals surface area contributed by atoms with Gasteiger partial charge in [0.1, 0.15) is 4.83 Å². The van der Waals surface area contributed by atoms with Crippen LogP contribution in [0.25, 0.3) is 20.7 Å². The molecular formula is C19H12F2N2O2S3. The summed E-state index contributed by atoms with van der Waals surface area (Å²) in [4.78, 5) is 31.3. The summed E-state index contributed by atoms with van der Waals surface area (Å²) in [5.41, 5.74) is 0.753. The normalized spacial score (nSPS) is 11.2. The molecule has 1 aromatic carbocycles. The molecule has 0 radical (unpaired) electrons. The number of nitrogens with zero attached hydrogens (tertiary/aromatic N) is 2. The van der Waals surface area contributed by atoms with E-state index in [4.69, 9.17) is 0 Å². The van der Waals surface area contributed by atoms with Crippen molar-refractivity contribution in [2.45, 2.75) is 5.16 Å². The Morgan fingerprint density at radius 3 is 2.75 bits per heavy atom. The van der Waals surface area contributed by atoms with E-state index in [9.17, 15) is 18.4 Å². The van der Waals surface area contributed by atoms with Gasteiger partial charge in [0.15, 0.2) is 22.6 Å². The van der Waals surface area contributed by atoms with Crippen molar-refractivity contribution in [1.29, 1.82) is 0 Å². The van der Waals surface area contributed by atoms with Crippen LogP contribution in [-0.2, 0) is 7.05 Å². The minimum atomic E-state index is -1.07. The van der Waals surface area contributed by atoms with Crippen LogP contribution < -0.4 is 5.56 Å². The third-order valence-corrected chi connectivity index (χ3v) is 6.94. The van der Waals surface area contributed by atoms with E-state index in [0.29, 0.717) is 15.4 Å². The molecule has 4 rings (SSSR count). The predicted molar refractivity (Wildman–Crippen MR) is 110 cm³/mol. The van der Waals surface area contributed by atoms with Crippen LogP contribution in [-0.4, -0.2) is 21.1 Å². The molecule has 0 aliphatic heterocycles. The highest BCUT2D eigenvalue weighted by atomic mass is 32.2. The maximum Gasteiger partial charge on any atom is 0.263 e. The summed E-state index contributed by atoms with van der Waals surface area (Å²) in [6, 6.07) is 6.92. The van der Waals surface area contributed by atoms with E-state index in [1.807, 2.05) is 22.9 Å². The first kappa shape index (κ1) is 19.0. The number of Topliss-reactive ketones (excluding diaryl/α,β-unsaturated/α-hetero) is 1. The lowest BCUT2D eigenvalue weighted by Crippen LogP contribution is -2.20. The van der Waals surface area contributed by atoms with Crippen molar-refractivity contribution in [2.24, 2.45) is 7.05 Å². The van der Waals surface area contributed by atoms with E-state index < -0.39 is 11.6 Å². The quantitative estimate of drug-likeness (QED) is 0.253. The van der Waals surface area contributed by atoms with Gasteiger partial charge in [-0.2, -0.15) is 0 Å². The van der Waals surface area contributed by atoms with Gasteiger partial charge >= 0.3 is 0 Å². The summed E-state index contributed by atoms with van der Waals surface area (Å²) in [5, 5.41) is 4.82. The molecule has 4 nitrogen and oxygen atoms in total. The Hall–Kier alpha value is -2.36. The van der Waals surface area contributed by atoms with E-state index in [1.165, 1.54) is 22.0 Å². The second-order valence-corrected chi connectivity index (χ2v) is 8.65. The number of carbonyl (C=O) groups excluding carboxylic acids is 1. The first-order valence-electron chi connectivity index (χ1n) is 8.09. The van der Waals surface area contributed by atoms with Crippen LogP contribution >= 0.6 is 34.4 Å². The van der Waals surface area contributed by atoms with Crippen molar-refractivity contribution >= 4 is 50.4 Å². The van der Waals surface area contributed by atoms with Crippen molar-refractivity contribution in [3.05, 3.63) is 68.6 Å². The number of thiophene rings is 2. The molecular weight excluding hydrogens is 422 g/mol. The number of thioether (sulfide) groups is 1. The summed E-state index contributed by atoms with van der Waals surface area (Å²) in [5.74, 6) is -2.48. The molecule has 0 atom stereocenters. The van der Waals surface area contributed by atoms with Crippen LogP contribution in [0.15, 0.2) is 51.0 Å². The maximum absolute atomic E-state index is 13.3. The van der Waals surface area contributed by atoms with E-state index in [-0.39, 0.29) is 22.7 Å². The van der Waals surface area contributed by atoms with Crippen molar-refractivity contribution in [3.63, 3.8) is 0 Å². The molecule has 4 aromatic rings. The third kappa shape index (κ3) is 3.41. The van der Waals surface area contributed by atoms with Gasteiger partial charge in [-0.1, -0.05) is 17.8 Å². The van der Waals surface area contributed by atoms with Crippen molar-refractivity contribution in [1.82, 2.24) is 9.55 Å². The van der Waals surface area contributed by atoms with Crippen LogP contribution in [0.3, 0.4) is 0 Å². The molecule has 9 heteroatoms. The molecule has 0 saturated carbocycles. The van der Waals surface area contributed by atoms with Gasteiger partial charge in [-0.25, -0.2) is 13.8 Å². The molecule has 3 heterocycles. The predicted octanol–water partition coefficient (Wildman–Crippen LogP) is 4.98. The Morgan fingerprint density at radius 1 is 1.21 bits per heavy atom. The minimum absolute atomic E-state index is 0.0417. The molecule has 3 aromatic heterocycles. The Labute approximate surface area is 170 Å². The van der Waals surface area contributed by atoms with Crippen LogP contribution in [0.4, 0.5) is 8.78 Å². The molecule has 0 N–H and O–H groups in total. The van der Waals surface area contributed by atoms with Crippen molar-refractivity contribution < 1.29 is 13.6 Å². The molecule has 0 saturated heterocycles. The van der Waals surface area contributed by atoms with E-state index in [0.717, 1.165) is 34.3 Å². The third-order valence-electron chi connectivity index (χ3n) is 4.13. The molecule has 0 unspecified atom stereocenters. The SMILES string of the molecule is Cn1c(SCC(=O)c2ccc(F)c(F)c2)nc2scc(-c3cccs3)c2c1=O. The van der Waals surface area contributed by atoms with Gasteiger partial charge < -0.3 is 0 Å². The number of halogens is 2. The number of rotatable bonds is 5. The second-order valence-electron chi connectivity index (χ2n) is 5.91. The summed E-state index contributed by atoms with van der Waals surface area (Å²) in [6.45, 7) is 0. The maximum atomic E-state index is 13.3. The number of aromatic nitrogens is 2. The zero-order chi connectivity index (χ0) is 19.8. The van der Waals surface area contributed by atoms with Gasteiger partial charge in [0, 0.05) is 28.4 Å². The Balaban J connectivity index is 1.63. The fourth-order valence-corrected chi connectivity index (χ4v) is 5.35. The molecule has 28 heavy (non-hydrogen) atoms. The van der Waals surface area contributed by atoms with Crippen LogP contribution in [0.1, 0.15) is 10.4 Å². The van der Waals surface area contributed by atoms with E-state index in [2.05, 4.69) is 4.98 Å². The highest BCUT2D eigenvalue weighted by Crippen LogP contribution is 2.34. The molecule has 0 spiro atoms. The molecule has 0 aliphatic carbocycles. The minimum Gasteiger partial charge on any atom is -0.293 e. The summed E-state index contributed by atoms with van der Waals surface area (Å²) in [6.07, 6.45) is 0. The standard InChI is InChI=1S/C19H12F2N2O2S3/c1-23-18(25)16-11(15-3-2-6-26-15)8-27-17(16)22-19(23)28-9-14(24)10-4-5-12(20)13(21)7-10/h2-8H,9H2,1H3. The highest BCUT2D eigenvalue weighted by molar-refractivity contribution is 7.99. The Bertz CT molecular complexity index is 1250. The lowest BCUT2D eigenvalue weighted by molar-refractivity contribution is 0.102. The van der Waals surface area contributed by atoms with Crippen molar-refractivity contribution in [3.8, 4) is 10.4 Å². The van der Waals surface area contributed by atoms with Gasteiger partial charge in [-0.05, 0) is 29.6 Å². The average molecular weight is 435 g/mol. The summed E-state index contributed by atoms with van der Waals surface area (Å²) in [7, 11) is 1.61. The molecule has 142 valence electrons. The molecule has 0 fully saturated rings. The van der Waals surface area contributed by atoms with Crippen molar-refractivity contribution in [2.75, 3.05) is 5.75 Å². The summed E-state index contributed by atoms with van der Waals surface area (Å²) >= 11 is 4.02. The van der Waals surface area contributed by atoms with Crippen LogP contribution in [0.2, 0.25) is 0 Å². The zero-order valence-corrected chi connectivity index (χ0v) is 16.9. The number of hydrogen-bond donors (Lipinski definition) is 0. The van der Waals surface area contributed by atoms with Crippen LogP contribution in [0, 0.1) is 11.6 Å². The number of fused-ring (bicyclic) bond motifs is 1. The second kappa shape index (κ2) is 7.57. The van der Waals surface area contributed by atoms with Gasteiger partial charge in [-0.3, -0.25) is 14.2 Å². The lowest BCUT2D eigenvalue weighted by Gasteiger charge is -2.07. The van der Waals surface area contributed by atoms with E-state index >= 15 is 0 Å². The molecule has 0 bridgehead atoms. The number of hydrogen-bond acceptors (Lipinski definition) is 6. The molecule has 0 amide bonds. The largest absolute Gasteiger partial charge is 0.293 e. The molecule has 0 aliphatic rings. The van der Waals surface area contributed by atoms with E-state index in [1.54, 1.807) is 18.4 Å². The average Bonchev–Trinajstić information content (AvgIpc) is 3.34. The topological polar surface area (TPSA) is 52.0 Å². The zero-order valence-electron chi connectivity index (χ0n) is 14.4. The number of carbonyl (C=O) groups is 1. The van der Waals surface area contributed by atoms with Gasteiger partial charge in [0.2, 0.25) is 0 Å². The Kier molecular flexibility index (Phi) is 5.13. The Morgan fingerprint density at radius 2 is 2.04 bits per heavy atom. The lowest BCUT2D eigenvalue weighted by atomic mass is 10.1. The highest BCUT2D eigenvalue weighted by Gasteiger charge is 2.17. The van der Waals surface area contributed by atoms with Crippen LogP contribution in [0.5, 0.6) is 0 Å². The first-order chi connectivity index (χ1) is 13.5. The monoisotopic (exact) mass is 434 g/mol. The fraction of sp³-hybridized carbons (Fsp3) is 0.105. The first-order valence-corrected chi connectivity index (χ1v) is 10.8. The van der Waals surface area contributed by atoms with Gasteiger partial charge in [-0.15, -0.1) is 22.7 Å².